The Bertz CT molecular complexity index is 150. The van der Waals surface area contributed by atoms with Crippen molar-refractivity contribution in [1.29, 1.82) is 0 Å². The molecule has 0 amide bonds. The molecule has 1 saturated heterocycles. The van der Waals surface area contributed by atoms with Gasteiger partial charge in [-0.1, -0.05) is 20.8 Å². The smallest absolute Gasteiger partial charge is 0.108 e. The van der Waals surface area contributed by atoms with Crippen LogP contribution in [0.1, 0.15) is 27.2 Å². The van der Waals surface area contributed by atoms with Gasteiger partial charge in [0.25, 0.3) is 0 Å². The second-order valence-corrected chi connectivity index (χ2v) is 4.69. The summed E-state index contributed by atoms with van der Waals surface area (Å²) in [5.41, 5.74) is 0.135. The van der Waals surface area contributed by atoms with Crippen LogP contribution in [0.15, 0.2) is 0 Å². The third-order valence-electron chi connectivity index (χ3n) is 2.07. The van der Waals surface area contributed by atoms with Crippen molar-refractivity contribution >= 4 is 0 Å². The Kier molecular flexibility index (Phi) is 2.76. The molecule has 1 fully saturated rings. The summed E-state index contributed by atoms with van der Waals surface area (Å²) in [6.45, 7) is 6.54. The molecule has 0 saturated carbocycles. The van der Waals surface area contributed by atoms with Crippen LogP contribution in [0.2, 0.25) is 0 Å². The maximum atomic E-state index is 9.45. The normalized spacial score (nSPS) is 37.2. The van der Waals surface area contributed by atoms with Gasteiger partial charge in [-0.15, -0.1) is 0 Å². The van der Waals surface area contributed by atoms with Gasteiger partial charge in [0, 0.05) is 0 Å². The fourth-order valence-corrected chi connectivity index (χ4v) is 1.45. The lowest BCUT2D eigenvalue weighted by molar-refractivity contribution is 0.00371. The van der Waals surface area contributed by atoms with Crippen molar-refractivity contribution in [2.24, 2.45) is 5.41 Å². The summed E-state index contributed by atoms with van der Waals surface area (Å²) in [5.74, 6) is 0. The van der Waals surface area contributed by atoms with Gasteiger partial charge < -0.3 is 14.9 Å². The lowest BCUT2D eigenvalue weighted by Gasteiger charge is -2.24. The fraction of sp³-hybridized carbons (Fsp3) is 1.00. The van der Waals surface area contributed by atoms with E-state index in [0.717, 1.165) is 6.42 Å². The molecule has 3 nitrogen and oxygen atoms in total. The van der Waals surface area contributed by atoms with E-state index in [1.807, 2.05) is 0 Å². The van der Waals surface area contributed by atoms with E-state index in [2.05, 4.69) is 20.8 Å². The maximum absolute atomic E-state index is 9.45. The monoisotopic (exact) mass is 174 g/mol. The van der Waals surface area contributed by atoms with Crippen LogP contribution in [0.4, 0.5) is 0 Å². The molecule has 0 radical (unpaired) electrons. The van der Waals surface area contributed by atoms with Crippen molar-refractivity contribution in [3.8, 4) is 0 Å². The summed E-state index contributed by atoms with van der Waals surface area (Å²) in [4.78, 5) is 0. The molecule has 12 heavy (non-hydrogen) atoms. The van der Waals surface area contributed by atoms with Crippen LogP contribution in [0.25, 0.3) is 0 Å². The lowest BCUT2D eigenvalue weighted by Crippen LogP contribution is -2.32. The Morgan fingerprint density at radius 3 is 2.25 bits per heavy atom. The zero-order valence-electron chi connectivity index (χ0n) is 7.95. The molecule has 0 bridgehead atoms. The van der Waals surface area contributed by atoms with Gasteiger partial charge in [0.15, 0.2) is 0 Å². The number of hydrogen-bond donors (Lipinski definition) is 2. The predicted molar refractivity (Wildman–Crippen MR) is 45.8 cm³/mol. The van der Waals surface area contributed by atoms with Gasteiger partial charge in [-0.3, -0.25) is 0 Å². The molecular weight excluding hydrogens is 156 g/mol. The molecule has 1 aliphatic rings. The van der Waals surface area contributed by atoms with Gasteiger partial charge in [-0.05, 0) is 11.8 Å². The lowest BCUT2D eigenvalue weighted by atomic mass is 9.87. The first-order valence-corrected chi connectivity index (χ1v) is 4.38. The van der Waals surface area contributed by atoms with Crippen molar-refractivity contribution in [3.05, 3.63) is 0 Å². The van der Waals surface area contributed by atoms with Gasteiger partial charge in [-0.25, -0.2) is 0 Å². The van der Waals surface area contributed by atoms with Crippen LogP contribution in [0, 0.1) is 5.41 Å². The van der Waals surface area contributed by atoms with Crippen molar-refractivity contribution in [2.45, 2.75) is 45.5 Å². The first-order chi connectivity index (χ1) is 5.40. The Labute approximate surface area is 73.4 Å². The Morgan fingerprint density at radius 1 is 1.33 bits per heavy atom. The zero-order chi connectivity index (χ0) is 9.35. The van der Waals surface area contributed by atoms with E-state index < -0.39 is 12.2 Å². The van der Waals surface area contributed by atoms with E-state index in [4.69, 9.17) is 4.74 Å². The van der Waals surface area contributed by atoms with Crippen LogP contribution in [-0.2, 0) is 4.74 Å². The third kappa shape index (κ3) is 2.44. The minimum Gasteiger partial charge on any atom is -0.388 e. The average molecular weight is 174 g/mol. The molecule has 0 aromatic heterocycles. The van der Waals surface area contributed by atoms with Gasteiger partial charge >= 0.3 is 0 Å². The highest BCUT2D eigenvalue weighted by molar-refractivity contribution is 4.85. The van der Waals surface area contributed by atoms with Gasteiger partial charge in [0.05, 0.1) is 12.7 Å². The summed E-state index contributed by atoms with van der Waals surface area (Å²) < 4.78 is 5.25. The van der Waals surface area contributed by atoms with Crippen molar-refractivity contribution in [2.75, 3.05) is 6.61 Å². The predicted octanol–water partition coefficient (Wildman–Crippen LogP) is 0.543. The first kappa shape index (κ1) is 9.96. The Morgan fingerprint density at radius 2 is 1.92 bits per heavy atom. The van der Waals surface area contributed by atoms with E-state index in [-0.39, 0.29) is 18.1 Å². The van der Waals surface area contributed by atoms with E-state index in [9.17, 15) is 10.2 Å². The molecular formula is C9H18O3. The summed E-state index contributed by atoms with van der Waals surface area (Å²) in [6.07, 6.45) is -0.813. The molecule has 72 valence electrons. The topological polar surface area (TPSA) is 49.7 Å². The number of hydrogen-bond acceptors (Lipinski definition) is 3. The quantitative estimate of drug-likeness (QED) is 0.610. The second-order valence-electron chi connectivity index (χ2n) is 4.69. The number of rotatable bonds is 1. The highest BCUT2D eigenvalue weighted by atomic mass is 16.5. The molecule has 3 heteroatoms. The zero-order valence-corrected chi connectivity index (χ0v) is 7.95. The highest BCUT2D eigenvalue weighted by Gasteiger charge is 2.36. The summed E-state index contributed by atoms with van der Waals surface area (Å²) in [6, 6.07) is 0. The molecule has 1 rings (SSSR count). The fourth-order valence-electron chi connectivity index (χ4n) is 1.45. The Balaban J connectivity index is 2.44. The number of ether oxygens (including phenoxy) is 1. The molecule has 3 unspecified atom stereocenters. The van der Waals surface area contributed by atoms with E-state index in [1.54, 1.807) is 0 Å². The summed E-state index contributed by atoms with van der Waals surface area (Å²) in [7, 11) is 0. The SMILES string of the molecule is CC(C)(C)CC1OCC(O)C1O. The van der Waals surface area contributed by atoms with Crippen LogP contribution in [0.5, 0.6) is 0 Å². The van der Waals surface area contributed by atoms with E-state index in [1.165, 1.54) is 0 Å². The largest absolute Gasteiger partial charge is 0.388 e. The van der Waals surface area contributed by atoms with Gasteiger partial charge in [0.2, 0.25) is 0 Å². The van der Waals surface area contributed by atoms with Crippen molar-refractivity contribution in [1.82, 2.24) is 0 Å². The molecule has 1 aliphatic heterocycles. The molecule has 0 aliphatic carbocycles. The third-order valence-corrected chi connectivity index (χ3v) is 2.07. The minimum atomic E-state index is -0.704. The molecule has 1 heterocycles. The van der Waals surface area contributed by atoms with Crippen LogP contribution in [-0.4, -0.2) is 35.1 Å². The van der Waals surface area contributed by atoms with Crippen LogP contribution >= 0.6 is 0 Å². The van der Waals surface area contributed by atoms with E-state index >= 15 is 0 Å². The maximum Gasteiger partial charge on any atom is 0.108 e. The first-order valence-electron chi connectivity index (χ1n) is 4.38. The minimum absolute atomic E-state index is 0.135. The van der Waals surface area contributed by atoms with Gasteiger partial charge in [0.1, 0.15) is 12.2 Å². The molecule has 0 spiro atoms. The highest BCUT2D eigenvalue weighted by Crippen LogP contribution is 2.27. The van der Waals surface area contributed by atoms with E-state index in [0.29, 0.717) is 0 Å². The Hall–Kier alpha value is -0.120. The number of aliphatic hydroxyl groups excluding tert-OH is 2. The van der Waals surface area contributed by atoms with Crippen molar-refractivity contribution in [3.63, 3.8) is 0 Å². The van der Waals surface area contributed by atoms with Gasteiger partial charge in [-0.2, -0.15) is 0 Å². The summed E-state index contributed by atoms with van der Waals surface area (Å²) in [5, 5.41) is 18.6. The molecule has 0 aromatic rings. The van der Waals surface area contributed by atoms with Crippen molar-refractivity contribution < 1.29 is 14.9 Å². The molecule has 0 aromatic carbocycles. The average Bonchev–Trinajstić information content (AvgIpc) is 2.16. The second kappa shape index (κ2) is 3.32. The standard InChI is InChI=1S/C9H18O3/c1-9(2,3)4-7-8(11)6(10)5-12-7/h6-8,10-11H,4-5H2,1-3H3. The van der Waals surface area contributed by atoms with Crippen LogP contribution < -0.4 is 0 Å². The molecule has 3 atom stereocenters. The summed E-state index contributed by atoms with van der Waals surface area (Å²) >= 11 is 0. The molecule has 2 N–H and O–H groups in total. The van der Waals surface area contributed by atoms with Crippen LogP contribution in [0.3, 0.4) is 0 Å². The number of aliphatic hydroxyl groups is 2.